The first-order valence-electron chi connectivity index (χ1n) is 9.63. The highest BCUT2D eigenvalue weighted by Crippen LogP contribution is 2.28. The maximum absolute atomic E-state index is 12.6. The smallest absolute Gasteiger partial charge is 0.321 e. The Labute approximate surface area is 164 Å². The lowest BCUT2D eigenvalue weighted by molar-refractivity contribution is 0.101. The second-order valence-electron chi connectivity index (χ2n) is 7.47. The number of piperidine rings is 1. The van der Waals surface area contributed by atoms with Crippen LogP contribution in [-0.2, 0) is 0 Å². The van der Waals surface area contributed by atoms with Crippen molar-refractivity contribution in [3.8, 4) is 0 Å². The number of benzene rings is 2. The van der Waals surface area contributed by atoms with Gasteiger partial charge in [-0.1, -0.05) is 18.2 Å². The van der Waals surface area contributed by atoms with Gasteiger partial charge in [0.1, 0.15) is 5.82 Å². The second kappa shape index (κ2) is 7.46. The molecule has 1 aromatic heterocycles. The van der Waals surface area contributed by atoms with Crippen molar-refractivity contribution >= 4 is 28.5 Å². The van der Waals surface area contributed by atoms with E-state index < -0.39 is 0 Å². The SMILES string of the molecule is CC(=O)c1cccc(NC(=O)N2CCC(c3nc4ccc(C)cc4[nH]3)CC2)c1. The minimum absolute atomic E-state index is 0.0158. The van der Waals surface area contributed by atoms with Crippen LogP contribution in [0.1, 0.15) is 47.4 Å². The average molecular weight is 376 g/mol. The summed E-state index contributed by atoms with van der Waals surface area (Å²) in [6, 6.07) is 13.1. The standard InChI is InChI=1S/C22H24N4O2/c1-14-6-7-19-20(12-14)25-21(24-19)16-8-10-26(11-9-16)22(28)23-18-5-3-4-17(13-18)15(2)27/h3-7,12-13,16H,8-11H2,1-2H3,(H,23,28)(H,24,25). The van der Waals surface area contributed by atoms with Gasteiger partial charge in [-0.2, -0.15) is 0 Å². The van der Waals surface area contributed by atoms with Gasteiger partial charge in [-0.15, -0.1) is 0 Å². The number of carbonyl (C=O) groups is 2. The Kier molecular flexibility index (Phi) is 4.86. The van der Waals surface area contributed by atoms with E-state index in [1.165, 1.54) is 12.5 Å². The number of ketones is 1. The van der Waals surface area contributed by atoms with Crippen LogP contribution in [0, 0.1) is 6.92 Å². The molecular formula is C22H24N4O2. The van der Waals surface area contributed by atoms with E-state index in [2.05, 4.69) is 29.4 Å². The van der Waals surface area contributed by atoms with Crippen LogP contribution in [0.25, 0.3) is 11.0 Å². The molecule has 0 saturated carbocycles. The molecule has 0 atom stereocenters. The minimum atomic E-state index is -0.126. The number of nitrogens with one attached hydrogen (secondary N) is 2. The van der Waals surface area contributed by atoms with Crippen molar-refractivity contribution in [1.82, 2.24) is 14.9 Å². The Morgan fingerprint density at radius 1 is 1.14 bits per heavy atom. The first-order chi connectivity index (χ1) is 13.5. The number of anilines is 1. The highest BCUT2D eigenvalue weighted by molar-refractivity contribution is 5.96. The lowest BCUT2D eigenvalue weighted by atomic mass is 9.96. The first-order valence-corrected chi connectivity index (χ1v) is 9.63. The molecule has 2 heterocycles. The van der Waals surface area contributed by atoms with Gasteiger partial charge in [-0.05, 0) is 56.5 Å². The van der Waals surface area contributed by atoms with Crippen molar-refractivity contribution in [3.63, 3.8) is 0 Å². The molecule has 0 spiro atoms. The van der Waals surface area contributed by atoms with Gasteiger partial charge in [0.2, 0.25) is 0 Å². The molecule has 1 saturated heterocycles. The molecule has 0 unspecified atom stereocenters. The number of hydrogen-bond acceptors (Lipinski definition) is 3. The summed E-state index contributed by atoms with van der Waals surface area (Å²) in [5.41, 5.74) is 4.51. The molecule has 6 nitrogen and oxygen atoms in total. The summed E-state index contributed by atoms with van der Waals surface area (Å²) in [5, 5.41) is 2.90. The Morgan fingerprint density at radius 2 is 1.93 bits per heavy atom. The van der Waals surface area contributed by atoms with Crippen LogP contribution in [0.3, 0.4) is 0 Å². The van der Waals surface area contributed by atoms with Gasteiger partial charge < -0.3 is 15.2 Å². The largest absolute Gasteiger partial charge is 0.342 e. The molecule has 0 bridgehead atoms. The maximum atomic E-state index is 12.6. The molecule has 4 rings (SSSR count). The van der Waals surface area contributed by atoms with E-state index >= 15 is 0 Å². The number of Topliss-reactive ketones (excluding diaryl/α,β-unsaturated/α-hetero) is 1. The monoisotopic (exact) mass is 376 g/mol. The Morgan fingerprint density at radius 3 is 2.68 bits per heavy atom. The molecule has 2 amide bonds. The number of amides is 2. The van der Waals surface area contributed by atoms with Crippen molar-refractivity contribution in [2.45, 2.75) is 32.6 Å². The van der Waals surface area contributed by atoms with Crippen LogP contribution in [0.4, 0.5) is 10.5 Å². The Bertz CT molecular complexity index is 1030. The fourth-order valence-corrected chi connectivity index (χ4v) is 3.71. The number of imidazole rings is 1. The quantitative estimate of drug-likeness (QED) is 0.661. The van der Waals surface area contributed by atoms with Crippen LogP contribution >= 0.6 is 0 Å². The lowest BCUT2D eigenvalue weighted by Crippen LogP contribution is -2.40. The molecule has 28 heavy (non-hydrogen) atoms. The molecule has 2 N–H and O–H groups in total. The third-order valence-electron chi connectivity index (χ3n) is 5.34. The van der Waals surface area contributed by atoms with Crippen molar-refractivity contribution in [2.24, 2.45) is 0 Å². The molecule has 1 aliphatic heterocycles. The van der Waals surface area contributed by atoms with Crippen molar-refractivity contribution < 1.29 is 9.59 Å². The average Bonchev–Trinajstić information content (AvgIpc) is 3.11. The molecule has 144 valence electrons. The normalized spacial score (nSPS) is 15.0. The predicted molar refractivity (Wildman–Crippen MR) is 110 cm³/mol. The maximum Gasteiger partial charge on any atom is 0.321 e. The summed E-state index contributed by atoms with van der Waals surface area (Å²) in [4.78, 5) is 34.1. The molecule has 1 fully saturated rings. The second-order valence-corrected chi connectivity index (χ2v) is 7.47. The van der Waals surface area contributed by atoms with E-state index in [0.717, 1.165) is 29.7 Å². The van der Waals surface area contributed by atoms with Crippen molar-refractivity contribution in [1.29, 1.82) is 0 Å². The number of H-pyrrole nitrogens is 1. The fourth-order valence-electron chi connectivity index (χ4n) is 3.71. The Hall–Kier alpha value is -3.15. The number of aromatic amines is 1. The number of aromatic nitrogens is 2. The van der Waals surface area contributed by atoms with Crippen LogP contribution in [0.15, 0.2) is 42.5 Å². The third kappa shape index (κ3) is 3.76. The summed E-state index contributed by atoms with van der Waals surface area (Å²) < 4.78 is 0. The fraction of sp³-hybridized carbons (Fsp3) is 0.318. The van der Waals surface area contributed by atoms with Crippen LogP contribution in [0.5, 0.6) is 0 Å². The van der Waals surface area contributed by atoms with Gasteiger partial charge in [-0.3, -0.25) is 4.79 Å². The van der Waals surface area contributed by atoms with E-state index in [-0.39, 0.29) is 11.8 Å². The minimum Gasteiger partial charge on any atom is -0.342 e. The van der Waals surface area contributed by atoms with Gasteiger partial charge in [0.05, 0.1) is 11.0 Å². The molecule has 0 radical (unpaired) electrons. The Balaban J connectivity index is 1.38. The summed E-state index contributed by atoms with van der Waals surface area (Å²) in [6.45, 7) is 4.95. The van der Waals surface area contributed by atoms with E-state index in [1.54, 1.807) is 24.3 Å². The zero-order chi connectivity index (χ0) is 19.7. The van der Waals surface area contributed by atoms with E-state index in [1.807, 2.05) is 11.0 Å². The number of nitrogens with zero attached hydrogens (tertiary/aromatic N) is 2. The number of aryl methyl sites for hydroxylation is 1. The third-order valence-corrected chi connectivity index (χ3v) is 5.34. The number of urea groups is 1. The van der Waals surface area contributed by atoms with Crippen LogP contribution < -0.4 is 5.32 Å². The summed E-state index contributed by atoms with van der Waals surface area (Å²) >= 11 is 0. The van der Waals surface area contributed by atoms with Gasteiger partial charge >= 0.3 is 6.03 Å². The van der Waals surface area contributed by atoms with E-state index in [4.69, 9.17) is 4.98 Å². The van der Waals surface area contributed by atoms with Crippen molar-refractivity contribution in [2.75, 3.05) is 18.4 Å². The first kappa shape index (κ1) is 18.2. The summed E-state index contributed by atoms with van der Waals surface area (Å²) in [6.07, 6.45) is 1.75. The predicted octanol–water partition coefficient (Wildman–Crippen LogP) is 4.49. The van der Waals surface area contributed by atoms with E-state index in [9.17, 15) is 9.59 Å². The van der Waals surface area contributed by atoms with Gasteiger partial charge in [0.15, 0.2) is 5.78 Å². The number of carbonyl (C=O) groups excluding carboxylic acids is 2. The number of likely N-dealkylation sites (tertiary alicyclic amines) is 1. The molecule has 2 aromatic carbocycles. The van der Waals surface area contributed by atoms with Crippen molar-refractivity contribution in [3.05, 3.63) is 59.4 Å². The van der Waals surface area contributed by atoms with Crippen LogP contribution in [0.2, 0.25) is 0 Å². The molecular weight excluding hydrogens is 352 g/mol. The summed E-state index contributed by atoms with van der Waals surface area (Å²) in [5.74, 6) is 1.32. The van der Waals surface area contributed by atoms with Gasteiger partial charge in [-0.25, -0.2) is 9.78 Å². The number of hydrogen-bond donors (Lipinski definition) is 2. The number of fused-ring (bicyclic) bond motifs is 1. The van der Waals surface area contributed by atoms with E-state index in [0.29, 0.717) is 30.3 Å². The van der Waals surface area contributed by atoms with Crippen LogP contribution in [-0.4, -0.2) is 39.8 Å². The highest BCUT2D eigenvalue weighted by atomic mass is 16.2. The number of rotatable bonds is 3. The zero-order valence-electron chi connectivity index (χ0n) is 16.2. The molecule has 3 aromatic rings. The summed E-state index contributed by atoms with van der Waals surface area (Å²) in [7, 11) is 0. The highest BCUT2D eigenvalue weighted by Gasteiger charge is 2.26. The van der Waals surface area contributed by atoms with Gasteiger partial charge in [0, 0.05) is 30.3 Å². The zero-order valence-corrected chi connectivity index (χ0v) is 16.2. The van der Waals surface area contributed by atoms with Gasteiger partial charge in [0.25, 0.3) is 0 Å². The topological polar surface area (TPSA) is 78.1 Å². The molecule has 1 aliphatic rings. The lowest BCUT2D eigenvalue weighted by Gasteiger charge is -2.31. The molecule has 0 aliphatic carbocycles. The molecule has 6 heteroatoms.